The third-order valence-corrected chi connectivity index (χ3v) is 2.25. The number of aliphatic hydroxyl groups is 1. The van der Waals surface area contributed by atoms with Crippen LogP contribution in [-0.2, 0) is 4.74 Å². The number of ether oxygens (including phenoxy) is 1. The van der Waals surface area contributed by atoms with Crippen molar-refractivity contribution in [3.8, 4) is 0 Å². The van der Waals surface area contributed by atoms with Crippen LogP contribution in [0, 0.1) is 0 Å². The molecule has 4 heteroatoms. The van der Waals surface area contributed by atoms with Gasteiger partial charge in [-0.3, -0.25) is 0 Å². The Morgan fingerprint density at radius 2 is 2.14 bits per heavy atom. The Labute approximate surface area is 87.2 Å². The van der Waals surface area contributed by atoms with Crippen LogP contribution in [0.25, 0.3) is 0 Å². The van der Waals surface area contributed by atoms with Crippen LogP contribution in [0.1, 0.15) is 13.3 Å². The average Bonchev–Trinajstić information content (AvgIpc) is 2.21. The molecule has 0 fully saturated rings. The SMILES string of the molecule is CCNC(CO)CCN(C)CCOC. The number of methoxy groups -OCH3 is 1. The lowest BCUT2D eigenvalue weighted by Gasteiger charge is -2.20. The van der Waals surface area contributed by atoms with E-state index < -0.39 is 0 Å². The quantitative estimate of drug-likeness (QED) is 0.552. The fourth-order valence-electron chi connectivity index (χ4n) is 1.28. The van der Waals surface area contributed by atoms with Crippen LogP contribution in [0.5, 0.6) is 0 Å². The first-order valence-electron chi connectivity index (χ1n) is 5.26. The third kappa shape index (κ3) is 7.26. The summed E-state index contributed by atoms with van der Waals surface area (Å²) in [7, 11) is 3.78. The number of nitrogens with one attached hydrogen (secondary N) is 1. The topological polar surface area (TPSA) is 44.7 Å². The van der Waals surface area contributed by atoms with Gasteiger partial charge in [0.2, 0.25) is 0 Å². The van der Waals surface area contributed by atoms with E-state index in [1.807, 2.05) is 0 Å². The second-order valence-electron chi connectivity index (χ2n) is 3.52. The van der Waals surface area contributed by atoms with Crippen LogP contribution in [0.2, 0.25) is 0 Å². The minimum atomic E-state index is 0.214. The molecule has 0 bridgehead atoms. The van der Waals surface area contributed by atoms with E-state index in [1.165, 1.54) is 0 Å². The molecule has 0 saturated carbocycles. The minimum Gasteiger partial charge on any atom is -0.395 e. The van der Waals surface area contributed by atoms with Crippen LogP contribution in [-0.4, -0.2) is 63.1 Å². The predicted octanol–water partition coefficient (Wildman–Crippen LogP) is -0.0749. The molecule has 0 rings (SSSR count). The Hall–Kier alpha value is -0.160. The van der Waals surface area contributed by atoms with E-state index >= 15 is 0 Å². The van der Waals surface area contributed by atoms with Gasteiger partial charge in [0.15, 0.2) is 0 Å². The summed E-state index contributed by atoms with van der Waals surface area (Å²) in [5.74, 6) is 0. The van der Waals surface area contributed by atoms with Crippen molar-refractivity contribution in [3.63, 3.8) is 0 Å². The molecule has 0 aromatic carbocycles. The largest absolute Gasteiger partial charge is 0.395 e. The minimum absolute atomic E-state index is 0.214. The molecule has 0 spiro atoms. The van der Waals surface area contributed by atoms with Gasteiger partial charge in [-0.2, -0.15) is 0 Å². The Morgan fingerprint density at radius 1 is 1.43 bits per heavy atom. The maximum absolute atomic E-state index is 9.04. The van der Waals surface area contributed by atoms with Crippen molar-refractivity contribution in [1.82, 2.24) is 10.2 Å². The lowest BCUT2D eigenvalue weighted by atomic mass is 10.2. The van der Waals surface area contributed by atoms with Gasteiger partial charge in [0.1, 0.15) is 0 Å². The molecule has 2 N–H and O–H groups in total. The van der Waals surface area contributed by atoms with E-state index in [2.05, 4.69) is 24.2 Å². The molecular weight excluding hydrogens is 180 g/mol. The van der Waals surface area contributed by atoms with Crippen LogP contribution >= 0.6 is 0 Å². The zero-order valence-corrected chi connectivity index (χ0v) is 9.62. The maximum atomic E-state index is 9.04. The van der Waals surface area contributed by atoms with Crippen molar-refractivity contribution in [3.05, 3.63) is 0 Å². The fourth-order valence-corrected chi connectivity index (χ4v) is 1.28. The molecule has 14 heavy (non-hydrogen) atoms. The van der Waals surface area contributed by atoms with Crippen molar-refractivity contribution < 1.29 is 9.84 Å². The number of aliphatic hydroxyl groups excluding tert-OH is 1. The summed E-state index contributed by atoms with van der Waals surface area (Å²) >= 11 is 0. The number of hydrogen-bond donors (Lipinski definition) is 2. The first-order valence-corrected chi connectivity index (χ1v) is 5.26. The first kappa shape index (κ1) is 13.8. The van der Waals surface area contributed by atoms with E-state index in [0.717, 1.165) is 32.7 Å². The second-order valence-corrected chi connectivity index (χ2v) is 3.52. The van der Waals surface area contributed by atoms with E-state index in [9.17, 15) is 0 Å². The summed E-state index contributed by atoms with van der Waals surface area (Å²) in [4.78, 5) is 2.21. The van der Waals surface area contributed by atoms with Crippen LogP contribution in [0.3, 0.4) is 0 Å². The molecule has 0 aliphatic carbocycles. The maximum Gasteiger partial charge on any atom is 0.0589 e. The highest BCUT2D eigenvalue weighted by Gasteiger charge is 2.06. The van der Waals surface area contributed by atoms with E-state index in [0.29, 0.717) is 0 Å². The van der Waals surface area contributed by atoms with Gasteiger partial charge in [-0.05, 0) is 26.6 Å². The van der Waals surface area contributed by atoms with Crippen molar-refractivity contribution in [2.75, 3.05) is 47.0 Å². The second kappa shape index (κ2) is 9.40. The monoisotopic (exact) mass is 204 g/mol. The van der Waals surface area contributed by atoms with Crippen LogP contribution in [0.15, 0.2) is 0 Å². The number of likely N-dealkylation sites (N-methyl/N-ethyl adjacent to an activating group) is 2. The number of nitrogens with zero attached hydrogens (tertiary/aromatic N) is 1. The van der Waals surface area contributed by atoms with Crippen molar-refractivity contribution in [2.24, 2.45) is 0 Å². The predicted molar refractivity (Wildman–Crippen MR) is 58.5 cm³/mol. The van der Waals surface area contributed by atoms with Gasteiger partial charge in [0, 0.05) is 19.7 Å². The summed E-state index contributed by atoms with van der Waals surface area (Å²) in [6.07, 6.45) is 0.977. The smallest absolute Gasteiger partial charge is 0.0589 e. The Balaban J connectivity index is 3.46. The molecule has 0 aromatic rings. The van der Waals surface area contributed by atoms with Crippen molar-refractivity contribution in [1.29, 1.82) is 0 Å². The van der Waals surface area contributed by atoms with Gasteiger partial charge in [-0.1, -0.05) is 6.92 Å². The van der Waals surface area contributed by atoms with E-state index in [1.54, 1.807) is 7.11 Å². The molecule has 0 radical (unpaired) electrons. The van der Waals surface area contributed by atoms with Crippen molar-refractivity contribution in [2.45, 2.75) is 19.4 Å². The number of hydrogen-bond acceptors (Lipinski definition) is 4. The van der Waals surface area contributed by atoms with Gasteiger partial charge in [0.05, 0.1) is 13.2 Å². The molecular formula is C10H24N2O2. The van der Waals surface area contributed by atoms with Gasteiger partial charge < -0.3 is 20.1 Å². The molecule has 1 unspecified atom stereocenters. The molecule has 86 valence electrons. The lowest BCUT2D eigenvalue weighted by Crippen LogP contribution is -2.36. The van der Waals surface area contributed by atoms with Gasteiger partial charge in [0.25, 0.3) is 0 Å². The van der Waals surface area contributed by atoms with Crippen LogP contribution < -0.4 is 5.32 Å². The molecule has 0 saturated heterocycles. The summed E-state index contributed by atoms with van der Waals surface area (Å²) in [5, 5.41) is 12.3. The molecule has 1 atom stereocenters. The third-order valence-electron chi connectivity index (χ3n) is 2.25. The van der Waals surface area contributed by atoms with Crippen molar-refractivity contribution >= 4 is 0 Å². The highest BCUT2D eigenvalue weighted by molar-refractivity contribution is 4.66. The molecule has 4 nitrogen and oxygen atoms in total. The van der Waals surface area contributed by atoms with Gasteiger partial charge >= 0.3 is 0 Å². The summed E-state index contributed by atoms with van der Waals surface area (Å²) < 4.78 is 4.99. The summed E-state index contributed by atoms with van der Waals surface area (Å²) in [5.41, 5.74) is 0. The molecule has 0 aromatic heterocycles. The zero-order chi connectivity index (χ0) is 10.8. The summed E-state index contributed by atoms with van der Waals surface area (Å²) in [6.45, 7) is 5.88. The molecule has 0 amide bonds. The van der Waals surface area contributed by atoms with E-state index in [4.69, 9.17) is 9.84 Å². The van der Waals surface area contributed by atoms with Crippen LogP contribution in [0.4, 0.5) is 0 Å². The number of rotatable bonds is 9. The normalized spacial score (nSPS) is 13.5. The summed E-state index contributed by atoms with van der Waals surface area (Å²) in [6, 6.07) is 0.227. The molecule has 0 heterocycles. The Morgan fingerprint density at radius 3 is 2.64 bits per heavy atom. The fraction of sp³-hybridized carbons (Fsp3) is 1.00. The van der Waals surface area contributed by atoms with Gasteiger partial charge in [-0.25, -0.2) is 0 Å². The highest BCUT2D eigenvalue weighted by atomic mass is 16.5. The molecule has 0 aliphatic rings. The first-order chi connectivity index (χ1) is 6.74. The molecule has 0 aliphatic heterocycles. The lowest BCUT2D eigenvalue weighted by molar-refractivity contribution is 0.154. The zero-order valence-electron chi connectivity index (χ0n) is 9.62. The van der Waals surface area contributed by atoms with E-state index in [-0.39, 0.29) is 12.6 Å². The van der Waals surface area contributed by atoms with Gasteiger partial charge in [-0.15, -0.1) is 0 Å². The average molecular weight is 204 g/mol. The standard InChI is InChI=1S/C10H24N2O2/c1-4-11-10(9-13)5-6-12(2)7-8-14-3/h10-11,13H,4-9H2,1-3H3. The Bertz CT molecular complexity index is 123. The highest BCUT2D eigenvalue weighted by Crippen LogP contribution is 1.94. The Kier molecular flexibility index (Phi) is 9.29.